The lowest BCUT2D eigenvalue weighted by Gasteiger charge is -2.40. The van der Waals surface area contributed by atoms with E-state index in [1.54, 1.807) is 47.5 Å². The molecular formula is C45H50ClF3N8O6. The highest BCUT2D eigenvalue weighted by Crippen LogP contribution is 2.52. The number of piperazine rings is 1. The standard InChI is InChI=1S/C45H50ClF3N8O6/c1-24(2)38(54-43(61)62-7)42(60)57-22-25(3)16-35(57)39-51-21-34(52-39)28-10-8-27(9-11-28)30-17-32(46)33(18-36(30)63-45(47,48)49)53-40(58)29-12-13-37(50-20-29)56-15-14-55(23-26(56)4)41(59)31-19-44(31,5)6/h8-13,16-18,20-21,24,26,31,35,38H,14-15,19,22-23H2,1-7H3,(H,51,52)(H,53,58)(H,54,61). The van der Waals surface area contributed by atoms with Gasteiger partial charge in [-0.05, 0) is 60.9 Å². The van der Waals surface area contributed by atoms with Crippen LogP contribution in [0.15, 0.2) is 72.6 Å². The van der Waals surface area contributed by atoms with Gasteiger partial charge >= 0.3 is 12.5 Å². The minimum atomic E-state index is -5.06. The van der Waals surface area contributed by atoms with Crippen LogP contribution in [0.3, 0.4) is 0 Å². The number of nitrogens with zero attached hydrogens (tertiary/aromatic N) is 5. The van der Waals surface area contributed by atoms with Gasteiger partial charge in [-0.1, -0.05) is 75.2 Å². The van der Waals surface area contributed by atoms with E-state index in [0.717, 1.165) is 18.1 Å². The fourth-order valence-electron chi connectivity index (χ4n) is 8.14. The summed E-state index contributed by atoms with van der Waals surface area (Å²) >= 11 is 6.60. The van der Waals surface area contributed by atoms with E-state index >= 15 is 0 Å². The number of anilines is 2. The molecule has 4 amide bonds. The molecule has 3 aliphatic rings. The molecule has 4 unspecified atom stereocenters. The number of imidazole rings is 1. The predicted molar refractivity (Wildman–Crippen MR) is 231 cm³/mol. The number of benzene rings is 2. The summed E-state index contributed by atoms with van der Waals surface area (Å²) in [7, 11) is 1.23. The van der Waals surface area contributed by atoms with E-state index in [2.05, 4.69) is 49.1 Å². The lowest BCUT2D eigenvalue weighted by atomic mass is 10.0. The van der Waals surface area contributed by atoms with Gasteiger partial charge in [0.2, 0.25) is 11.8 Å². The lowest BCUT2D eigenvalue weighted by molar-refractivity contribution is -0.274. The van der Waals surface area contributed by atoms with Gasteiger partial charge in [0, 0.05) is 56.0 Å². The van der Waals surface area contributed by atoms with Gasteiger partial charge < -0.3 is 39.8 Å². The van der Waals surface area contributed by atoms with E-state index in [-0.39, 0.29) is 56.9 Å². The maximum absolute atomic E-state index is 13.8. The van der Waals surface area contributed by atoms with Crippen LogP contribution in [0, 0.1) is 17.3 Å². The molecule has 1 aliphatic carbocycles. The Balaban J connectivity index is 1.04. The normalized spacial score (nSPS) is 20.0. The minimum Gasteiger partial charge on any atom is -0.453 e. The molecule has 63 heavy (non-hydrogen) atoms. The molecular weight excluding hydrogens is 841 g/mol. The first-order chi connectivity index (χ1) is 29.7. The molecule has 334 valence electrons. The first-order valence-corrected chi connectivity index (χ1v) is 21.0. The molecule has 14 nitrogen and oxygen atoms in total. The van der Waals surface area contributed by atoms with E-state index < -0.39 is 36.2 Å². The van der Waals surface area contributed by atoms with E-state index in [9.17, 15) is 32.3 Å². The van der Waals surface area contributed by atoms with Gasteiger partial charge in [-0.25, -0.2) is 14.8 Å². The number of nitrogens with one attached hydrogen (secondary N) is 3. The zero-order valence-corrected chi connectivity index (χ0v) is 36.7. The maximum Gasteiger partial charge on any atom is 0.573 e. The summed E-state index contributed by atoms with van der Waals surface area (Å²) in [5.74, 6) is -0.395. The molecule has 1 saturated carbocycles. The Morgan fingerprint density at radius 3 is 2.30 bits per heavy atom. The van der Waals surface area contributed by atoms with Crippen molar-refractivity contribution in [3.8, 4) is 28.1 Å². The van der Waals surface area contributed by atoms with Gasteiger partial charge in [0.15, 0.2) is 0 Å². The molecule has 0 bridgehead atoms. The van der Waals surface area contributed by atoms with Crippen LogP contribution in [0.4, 0.5) is 29.5 Å². The predicted octanol–water partition coefficient (Wildman–Crippen LogP) is 8.24. The molecule has 2 fully saturated rings. The molecule has 0 radical (unpaired) electrons. The smallest absolute Gasteiger partial charge is 0.453 e. The Morgan fingerprint density at radius 1 is 1.00 bits per heavy atom. The SMILES string of the molecule is COC(=O)NC(C(=O)N1CC(C)=CC1c1ncc(-c2ccc(-c3cc(Cl)c(NC(=O)c4ccc(N5CCN(C(=O)C6CC6(C)C)CC5C)nc4)cc3OC(F)(F)F)cc2)[nH]1)C(C)C. The van der Waals surface area contributed by atoms with E-state index in [0.29, 0.717) is 54.6 Å². The molecule has 7 rings (SSSR count). The number of carbonyl (C=O) groups excluding carboxylic acids is 4. The van der Waals surface area contributed by atoms with Gasteiger partial charge in [-0.2, -0.15) is 0 Å². The average molecular weight is 891 g/mol. The Hall–Kier alpha value is -6.10. The summed E-state index contributed by atoms with van der Waals surface area (Å²) in [6.07, 6.45) is 0.0103. The van der Waals surface area contributed by atoms with Gasteiger partial charge in [0.1, 0.15) is 29.5 Å². The van der Waals surface area contributed by atoms with Gasteiger partial charge in [0.05, 0.1) is 35.3 Å². The van der Waals surface area contributed by atoms with Crippen LogP contribution >= 0.6 is 11.6 Å². The summed E-state index contributed by atoms with van der Waals surface area (Å²) in [6.45, 7) is 13.8. The van der Waals surface area contributed by atoms with Crippen molar-refractivity contribution < 1.29 is 41.8 Å². The number of amides is 4. The van der Waals surface area contributed by atoms with Crippen LogP contribution in [0.1, 0.15) is 70.2 Å². The molecule has 2 aromatic heterocycles. The molecule has 0 spiro atoms. The largest absolute Gasteiger partial charge is 0.573 e. The molecule has 1 saturated heterocycles. The van der Waals surface area contributed by atoms with E-state index in [4.69, 9.17) is 16.3 Å². The van der Waals surface area contributed by atoms with Crippen LogP contribution < -0.4 is 20.3 Å². The van der Waals surface area contributed by atoms with Crippen molar-refractivity contribution in [2.75, 3.05) is 43.5 Å². The topological polar surface area (TPSA) is 162 Å². The van der Waals surface area contributed by atoms with Crippen LogP contribution in [-0.2, 0) is 14.3 Å². The Kier molecular flexibility index (Phi) is 12.5. The summed E-state index contributed by atoms with van der Waals surface area (Å²) in [6, 6.07) is 10.8. The van der Waals surface area contributed by atoms with E-state index in [1.165, 1.54) is 19.4 Å². The third-order valence-corrected chi connectivity index (χ3v) is 12.2. The molecule has 4 heterocycles. The fourth-order valence-corrected chi connectivity index (χ4v) is 8.35. The van der Waals surface area contributed by atoms with Crippen molar-refractivity contribution in [3.05, 3.63) is 89.0 Å². The van der Waals surface area contributed by atoms with Gasteiger partial charge in [-0.3, -0.25) is 14.4 Å². The molecule has 4 aromatic rings. The zero-order valence-electron chi connectivity index (χ0n) is 36.0. The molecule has 4 atom stereocenters. The number of methoxy groups -OCH3 is 1. The van der Waals surface area contributed by atoms with Crippen LogP contribution in [0.5, 0.6) is 5.75 Å². The van der Waals surface area contributed by atoms with Crippen molar-refractivity contribution in [2.24, 2.45) is 17.3 Å². The number of aromatic nitrogens is 3. The first-order valence-electron chi connectivity index (χ1n) is 20.6. The van der Waals surface area contributed by atoms with Gasteiger partial charge in [0.25, 0.3) is 5.91 Å². The number of ether oxygens (including phenoxy) is 2. The van der Waals surface area contributed by atoms with Crippen LogP contribution in [-0.4, -0.2) is 100 Å². The monoisotopic (exact) mass is 890 g/mol. The number of alkyl carbamates (subject to hydrolysis) is 1. The molecule has 2 aliphatic heterocycles. The number of pyridine rings is 1. The summed E-state index contributed by atoms with van der Waals surface area (Å²) in [5, 5.41) is 5.18. The van der Waals surface area contributed by atoms with Gasteiger partial charge in [-0.15, -0.1) is 13.2 Å². The second kappa shape index (κ2) is 17.6. The highest BCUT2D eigenvalue weighted by Gasteiger charge is 2.52. The average Bonchev–Trinajstić information content (AvgIpc) is 3.52. The minimum absolute atomic E-state index is 0.00725. The summed E-state index contributed by atoms with van der Waals surface area (Å²) < 4.78 is 50.5. The zero-order chi connectivity index (χ0) is 45.5. The second-order valence-electron chi connectivity index (χ2n) is 17.3. The highest BCUT2D eigenvalue weighted by atomic mass is 35.5. The van der Waals surface area contributed by atoms with Crippen molar-refractivity contribution in [3.63, 3.8) is 0 Å². The number of carbonyl (C=O) groups is 4. The summed E-state index contributed by atoms with van der Waals surface area (Å²) in [5.41, 5.74) is 2.64. The quantitative estimate of drug-likeness (QED) is 0.126. The Morgan fingerprint density at radius 2 is 1.70 bits per heavy atom. The molecule has 2 aromatic carbocycles. The first kappa shape index (κ1) is 44.9. The van der Waals surface area contributed by atoms with Crippen LogP contribution in [0.2, 0.25) is 5.02 Å². The second-order valence-corrected chi connectivity index (χ2v) is 17.8. The van der Waals surface area contributed by atoms with Crippen molar-refractivity contribution in [2.45, 2.75) is 72.5 Å². The Labute approximate surface area is 368 Å². The lowest BCUT2D eigenvalue weighted by Crippen LogP contribution is -2.54. The van der Waals surface area contributed by atoms with Crippen molar-refractivity contribution in [1.82, 2.24) is 30.1 Å². The number of hydrogen-bond donors (Lipinski definition) is 3. The van der Waals surface area contributed by atoms with Crippen molar-refractivity contribution in [1.29, 1.82) is 0 Å². The molecule has 18 heteroatoms. The van der Waals surface area contributed by atoms with Crippen molar-refractivity contribution >= 4 is 46.9 Å². The van der Waals surface area contributed by atoms with E-state index in [1.807, 2.05) is 38.7 Å². The third-order valence-electron chi connectivity index (χ3n) is 11.9. The number of halogens is 4. The number of alkyl halides is 3. The summed E-state index contributed by atoms with van der Waals surface area (Å²) in [4.78, 5) is 69.9. The Bertz CT molecular complexity index is 2420. The molecule has 3 N–H and O–H groups in total. The number of hydrogen-bond acceptors (Lipinski definition) is 9. The highest BCUT2D eigenvalue weighted by molar-refractivity contribution is 6.34. The third kappa shape index (κ3) is 9.93. The number of H-pyrrole nitrogens is 1. The van der Waals surface area contributed by atoms with Crippen LogP contribution in [0.25, 0.3) is 22.4 Å². The number of aromatic amines is 1. The number of rotatable bonds is 11. The maximum atomic E-state index is 13.8. The fraction of sp³-hybridized carbons (Fsp3) is 0.422.